The normalized spacial score (nSPS) is 11.2. The van der Waals surface area contributed by atoms with E-state index >= 15 is 0 Å². The molecule has 11 nitrogen and oxygen atoms in total. The average molecular weight is 461 g/mol. The molecule has 0 spiro atoms. The minimum absolute atomic E-state index is 0.0967. The molecule has 0 saturated carbocycles. The second kappa shape index (κ2) is 10.3. The predicted molar refractivity (Wildman–Crippen MR) is 120 cm³/mol. The summed E-state index contributed by atoms with van der Waals surface area (Å²) in [6, 6.07) is 13.6. The van der Waals surface area contributed by atoms with Crippen LogP contribution in [0.4, 0.5) is 29.2 Å². The van der Waals surface area contributed by atoms with E-state index < -0.39 is 10.1 Å². The Labute approximate surface area is 185 Å². The first-order valence-electron chi connectivity index (χ1n) is 9.70. The Hall–Kier alpha value is -3.32. The van der Waals surface area contributed by atoms with Gasteiger partial charge in [-0.25, -0.2) is 0 Å². The van der Waals surface area contributed by atoms with Crippen molar-refractivity contribution in [1.29, 1.82) is 0 Å². The Morgan fingerprint density at radius 2 is 1.47 bits per heavy atom. The van der Waals surface area contributed by atoms with Crippen molar-refractivity contribution in [1.82, 2.24) is 15.0 Å². The number of aryl methyl sites for hydroxylation is 1. The van der Waals surface area contributed by atoms with E-state index in [1.165, 1.54) is 6.07 Å². The number of aliphatic hydroxyl groups excluding tert-OH is 2. The first-order valence-corrected chi connectivity index (χ1v) is 11.1. The van der Waals surface area contributed by atoms with Crippen LogP contribution >= 0.6 is 0 Å². The number of nitrogens with one attached hydrogen (secondary N) is 2. The summed E-state index contributed by atoms with van der Waals surface area (Å²) < 4.78 is 32.7. The molecule has 170 valence electrons. The van der Waals surface area contributed by atoms with Crippen molar-refractivity contribution in [2.75, 3.05) is 41.8 Å². The van der Waals surface area contributed by atoms with Gasteiger partial charge in [0, 0.05) is 24.5 Å². The summed E-state index contributed by atoms with van der Waals surface area (Å²) in [6.07, 6.45) is 0. The predicted octanol–water partition coefficient (Wildman–Crippen LogP) is 1.70. The summed E-state index contributed by atoms with van der Waals surface area (Å²) in [6.45, 7) is 1.59. The van der Waals surface area contributed by atoms with Gasteiger partial charge in [0.15, 0.2) is 0 Å². The molecular formula is C20H24N6O5S. The topological polar surface area (TPSA) is 161 Å². The van der Waals surface area contributed by atoms with Gasteiger partial charge in [-0.2, -0.15) is 23.4 Å². The molecule has 0 aliphatic heterocycles. The van der Waals surface area contributed by atoms with Gasteiger partial charge in [-0.15, -0.1) is 0 Å². The zero-order chi connectivity index (χ0) is 23.1. The molecule has 0 unspecified atom stereocenters. The highest BCUT2D eigenvalue weighted by molar-refractivity contribution is 7.85. The van der Waals surface area contributed by atoms with E-state index in [0.717, 1.165) is 5.69 Å². The fourth-order valence-electron chi connectivity index (χ4n) is 2.91. The molecule has 0 atom stereocenters. The summed E-state index contributed by atoms with van der Waals surface area (Å²) in [5.74, 6) is 0.497. The van der Waals surface area contributed by atoms with Crippen molar-refractivity contribution in [3.05, 3.63) is 54.1 Å². The molecule has 0 amide bonds. The maximum absolute atomic E-state index is 11.6. The summed E-state index contributed by atoms with van der Waals surface area (Å²) in [7, 11) is -4.40. The van der Waals surface area contributed by atoms with Crippen LogP contribution in [-0.4, -0.2) is 64.4 Å². The number of anilines is 5. The molecular weight excluding hydrogens is 436 g/mol. The van der Waals surface area contributed by atoms with E-state index in [4.69, 9.17) is 0 Å². The maximum Gasteiger partial charge on any atom is 0.294 e. The van der Waals surface area contributed by atoms with E-state index in [-0.39, 0.29) is 49.0 Å². The third-order valence-electron chi connectivity index (χ3n) is 4.40. The number of hydrogen-bond acceptors (Lipinski definition) is 10. The average Bonchev–Trinajstić information content (AvgIpc) is 2.75. The van der Waals surface area contributed by atoms with Crippen LogP contribution in [0.2, 0.25) is 0 Å². The Morgan fingerprint density at radius 1 is 0.875 bits per heavy atom. The number of benzene rings is 2. The lowest BCUT2D eigenvalue weighted by Crippen LogP contribution is -2.31. The molecule has 1 aromatic heterocycles. The minimum atomic E-state index is -4.40. The molecule has 3 aromatic rings. The van der Waals surface area contributed by atoms with E-state index in [0.29, 0.717) is 11.3 Å². The van der Waals surface area contributed by atoms with E-state index in [1.54, 1.807) is 24.0 Å². The van der Waals surface area contributed by atoms with Crippen LogP contribution in [0.3, 0.4) is 0 Å². The summed E-state index contributed by atoms with van der Waals surface area (Å²) in [4.78, 5) is 14.4. The van der Waals surface area contributed by atoms with E-state index in [9.17, 15) is 23.2 Å². The summed E-state index contributed by atoms with van der Waals surface area (Å²) in [5, 5.41) is 24.7. The standard InChI is InChI=1S/C20H24N6O5S/c1-14-7-8-16(13-17(14)32(29,30)31)22-19-23-18(21-15-5-3-2-4-6-15)24-20(25-19)26(9-11-27)10-12-28/h2-8,13,27-28H,9-12H2,1H3,(H,29,30,31)(H2,21,22,23,24,25). The second-order valence-electron chi connectivity index (χ2n) is 6.79. The van der Waals surface area contributed by atoms with Gasteiger partial charge < -0.3 is 25.7 Å². The Balaban J connectivity index is 2.00. The number of rotatable bonds is 10. The lowest BCUT2D eigenvalue weighted by Gasteiger charge is -2.21. The van der Waals surface area contributed by atoms with Crippen LogP contribution in [0, 0.1) is 6.92 Å². The van der Waals surface area contributed by atoms with Gasteiger partial charge in [0.25, 0.3) is 10.1 Å². The Morgan fingerprint density at radius 3 is 2.03 bits per heavy atom. The molecule has 0 aliphatic carbocycles. The van der Waals surface area contributed by atoms with Gasteiger partial charge in [0.2, 0.25) is 17.8 Å². The first kappa shape index (κ1) is 23.3. The van der Waals surface area contributed by atoms with Gasteiger partial charge in [-0.1, -0.05) is 24.3 Å². The van der Waals surface area contributed by atoms with Crippen LogP contribution in [-0.2, 0) is 10.1 Å². The minimum Gasteiger partial charge on any atom is -0.395 e. The van der Waals surface area contributed by atoms with Crippen LogP contribution in [0.1, 0.15) is 5.56 Å². The first-order chi connectivity index (χ1) is 15.3. The van der Waals surface area contributed by atoms with Crippen LogP contribution in [0.25, 0.3) is 0 Å². The molecule has 3 rings (SSSR count). The van der Waals surface area contributed by atoms with Crippen molar-refractivity contribution in [2.45, 2.75) is 11.8 Å². The number of para-hydroxylation sites is 1. The van der Waals surface area contributed by atoms with Crippen LogP contribution < -0.4 is 15.5 Å². The van der Waals surface area contributed by atoms with Crippen molar-refractivity contribution in [2.24, 2.45) is 0 Å². The second-order valence-corrected chi connectivity index (χ2v) is 8.18. The third kappa shape index (κ3) is 6.11. The SMILES string of the molecule is Cc1ccc(Nc2nc(Nc3ccccc3)nc(N(CCO)CCO)n2)cc1S(=O)(=O)O. The lowest BCUT2D eigenvalue weighted by molar-refractivity contribution is 0.280. The maximum atomic E-state index is 11.6. The Kier molecular flexibility index (Phi) is 7.53. The number of aromatic nitrogens is 3. The molecule has 0 aliphatic rings. The number of hydrogen-bond donors (Lipinski definition) is 5. The Bertz CT molecular complexity index is 1150. The molecule has 5 N–H and O–H groups in total. The van der Waals surface area contributed by atoms with Crippen molar-refractivity contribution < 1.29 is 23.2 Å². The highest BCUT2D eigenvalue weighted by atomic mass is 32.2. The smallest absolute Gasteiger partial charge is 0.294 e. The number of nitrogens with zero attached hydrogens (tertiary/aromatic N) is 4. The fourth-order valence-corrected chi connectivity index (χ4v) is 3.66. The highest BCUT2D eigenvalue weighted by Crippen LogP contribution is 2.24. The van der Waals surface area contributed by atoms with Crippen molar-refractivity contribution in [3.63, 3.8) is 0 Å². The molecule has 32 heavy (non-hydrogen) atoms. The van der Waals surface area contributed by atoms with Gasteiger partial charge in [0.1, 0.15) is 0 Å². The quantitative estimate of drug-likeness (QED) is 0.280. The van der Waals surface area contributed by atoms with Crippen LogP contribution in [0.5, 0.6) is 0 Å². The summed E-state index contributed by atoms with van der Waals surface area (Å²) >= 11 is 0. The van der Waals surface area contributed by atoms with Gasteiger partial charge >= 0.3 is 0 Å². The molecule has 0 radical (unpaired) electrons. The molecule has 0 fully saturated rings. The highest BCUT2D eigenvalue weighted by Gasteiger charge is 2.16. The molecule has 2 aromatic carbocycles. The van der Waals surface area contributed by atoms with Gasteiger partial charge in [0.05, 0.1) is 18.1 Å². The zero-order valence-corrected chi connectivity index (χ0v) is 18.1. The summed E-state index contributed by atoms with van der Waals surface area (Å²) in [5.41, 5.74) is 1.45. The fraction of sp³-hybridized carbons (Fsp3) is 0.250. The molecule has 0 saturated heterocycles. The molecule has 0 bridgehead atoms. The van der Waals surface area contributed by atoms with Gasteiger partial charge in [-0.3, -0.25) is 4.55 Å². The monoisotopic (exact) mass is 460 g/mol. The largest absolute Gasteiger partial charge is 0.395 e. The van der Waals surface area contributed by atoms with Crippen LogP contribution in [0.15, 0.2) is 53.4 Å². The van der Waals surface area contributed by atoms with Crippen molar-refractivity contribution >= 4 is 39.3 Å². The lowest BCUT2D eigenvalue weighted by atomic mass is 10.2. The molecule has 12 heteroatoms. The van der Waals surface area contributed by atoms with Gasteiger partial charge in [-0.05, 0) is 36.8 Å². The number of aliphatic hydroxyl groups is 2. The molecule has 1 heterocycles. The van der Waals surface area contributed by atoms with E-state index in [1.807, 2.05) is 30.3 Å². The van der Waals surface area contributed by atoms with Crippen molar-refractivity contribution in [3.8, 4) is 0 Å². The zero-order valence-electron chi connectivity index (χ0n) is 17.3. The van der Waals surface area contributed by atoms with E-state index in [2.05, 4.69) is 25.6 Å². The third-order valence-corrected chi connectivity index (χ3v) is 5.39.